The summed E-state index contributed by atoms with van der Waals surface area (Å²) in [5.41, 5.74) is 0. The van der Waals surface area contributed by atoms with Gasteiger partial charge in [-0.3, -0.25) is 4.90 Å². The van der Waals surface area contributed by atoms with E-state index in [1.807, 2.05) is 0 Å². The highest BCUT2D eigenvalue weighted by molar-refractivity contribution is 4.96. The Morgan fingerprint density at radius 2 is 1.90 bits per heavy atom. The van der Waals surface area contributed by atoms with Gasteiger partial charge in [-0.1, -0.05) is 34.1 Å². The molecule has 0 radical (unpaired) electrons. The van der Waals surface area contributed by atoms with E-state index in [2.05, 4.69) is 37.9 Å². The zero-order chi connectivity index (χ0) is 14.5. The highest BCUT2D eigenvalue weighted by atomic mass is 15.2. The molecule has 1 heterocycles. The van der Waals surface area contributed by atoms with Crippen LogP contribution in [0.3, 0.4) is 0 Å². The Morgan fingerprint density at radius 1 is 1.10 bits per heavy atom. The second kappa shape index (κ2) is 7.79. The second-order valence-corrected chi connectivity index (χ2v) is 7.40. The maximum atomic E-state index is 3.88. The fraction of sp³-hybridized carbons (Fsp3) is 1.00. The second-order valence-electron chi connectivity index (χ2n) is 7.40. The molecule has 1 aliphatic carbocycles. The normalized spacial score (nSPS) is 39.9. The molecule has 5 unspecified atom stereocenters. The number of nitrogens with one attached hydrogen (secondary N) is 1. The van der Waals surface area contributed by atoms with Gasteiger partial charge in [0.05, 0.1) is 0 Å². The van der Waals surface area contributed by atoms with Crippen LogP contribution >= 0.6 is 0 Å². The molecule has 1 N–H and O–H groups in total. The van der Waals surface area contributed by atoms with Crippen molar-refractivity contribution >= 4 is 0 Å². The number of nitrogens with zero attached hydrogens (tertiary/aromatic N) is 1. The Morgan fingerprint density at radius 3 is 2.60 bits per heavy atom. The monoisotopic (exact) mass is 280 g/mol. The van der Waals surface area contributed by atoms with Crippen molar-refractivity contribution in [1.82, 2.24) is 10.2 Å². The van der Waals surface area contributed by atoms with Gasteiger partial charge in [0.25, 0.3) is 0 Å². The maximum absolute atomic E-state index is 3.88. The topological polar surface area (TPSA) is 15.3 Å². The molecule has 0 aromatic rings. The van der Waals surface area contributed by atoms with Crippen molar-refractivity contribution in [1.29, 1.82) is 0 Å². The molecule has 1 saturated heterocycles. The van der Waals surface area contributed by atoms with E-state index < -0.39 is 0 Å². The first-order valence-electron chi connectivity index (χ1n) is 9.16. The van der Waals surface area contributed by atoms with E-state index in [0.29, 0.717) is 0 Å². The van der Waals surface area contributed by atoms with E-state index in [9.17, 15) is 0 Å². The average Bonchev–Trinajstić information content (AvgIpc) is 2.44. The molecule has 2 fully saturated rings. The Bertz CT molecular complexity index is 279. The fourth-order valence-electron chi connectivity index (χ4n) is 4.79. The molecule has 118 valence electrons. The van der Waals surface area contributed by atoms with Crippen molar-refractivity contribution in [2.24, 2.45) is 11.8 Å². The Balaban J connectivity index is 2.10. The van der Waals surface area contributed by atoms with Crippen LogP contribution in [0.5, 0.6) is 0 Å². The van der Waals surface area contributed by atoms with Gasteiger partial charge >= 0.3 is 0 Å². The van der Waals surface area contributed by atoms with E-state index in [4.69, 9.17) is 0 Å². The highest BCUT2D eigenvalue weighted by Crippen LogP contribution is 2.36. The van der Waals surface area contributed by atoms with Gasteiger partial charge in [-0.2, -0.15) is 0 Å². The van der Waals surface area contributed by atoms with Gasteiger partial charge in [-0.05, 0) is 63.5 Å². The number of rotatable bonds is 5. The van der Waals surface area contributed by atoms with E-state index in [1.54, 1.807) is 0 Å². The smallest absolute Gasteiger partial charge is 0.0278 e. The van der Waals surface area contributed by atoms with Crippen LogP contribution in [-0.4, -0.2) is 36.1 Å². The van der Waals surface area contributed by atoms with Gasteiger partial charge in [0.1, 0.15) is 0 Å². The summed E-state index contributed by atoms with van der Waals surface area (Å²) < 4.78 is 0. The standard InChI is InChI=1S/C18H36N2/c1-5-10-19-17-13-14(3)12-15(4)18(17)20-11-8-7-9-16(20)6-2/h14-19H,5-13H2,1-4H3. The van der Waals surface area contributed by atoms with Crippen molar-refractivity contribution in [3.63, 3.8) is 0 Å². The first kappa shape index (κ1) is 16.3. The van der Waals surface area contributed by atoms with Crippen LogP contribution in [0.1, 0.15) is 72.6 Å². The summed E-state index contributed by atoms with van der Waals surface area (Å²) in [6, 6.07) is 2.35. The lowest BCUT2D eigenvalue weighted by Gasteiger charge is -2.50. The predicted molar refractivity (Wildman–Crippen MR) is 88.1 cm³/mol. The van der Waals surface area contributed by atoms with Gasteiger partial charge < -0.3 is 5.32 Å². The fourth-order valence-corrected chi connectivity index (χ4v) is 4.79. The van der Waals surface area contributed by atoms with Crippen LogP contribution in [0.4, 0.5) is 0 Å². The Hall–Kier alpha value is -0.0800. The molecular weight excluding hydrogens is 244 g/mol. The lowest BCUT2D eigenvalue weighted by molar-refractivity contribution is 0.0100. The molecule has 2 heteroatoms. The van der Waals surface area contributed by atoms with Gasteiger partial charge in [0.15, 0.2) is 0 Å². The van der Waals surface area contributed by atoms with Crippen LogP contribution < -0.4 is 5.32 Å². The molecule has 1 saturated carbocycles. The van der Waals surface area contributed by atoms with Gasteiger partial charge in [0.2, 0.25) is 0 Å². The summed E-state index contributed by atoms with van der Waals surface area (Å²) >= 11 is 0. The SMILES string of the molecule is CCCNC1CC(C)CC(C)C1N1CCCCC1CC. The molecule has 5 atom stereocenters. The van der Waals surface area contributed by atoms with Crippen LogP contribution in [-0.2, 0) is 0 Å². The summed E-state index contributed by atoms with van der Waals surface area (Å²) in [5.74, 6) is 1.74. The van der Waals surface area contributed by atoms with Crippen LogP contribution in [0.15, 0.2) is 0 Å². The molecule has 20 heavy (non-hydrogen) atoms. The largest absolute Gasteiger partial charge is 0.312 e. The molecule has 2 rings (SSSR count). The zero-order valence-corrected chi connectivity index (χ0v) is 14.2. The van der Waals surface area contributed by atoms with Crippen molar-refractivity contribution in [2.75, 3.05) is 13.1 Å². The third-order valence-corrected chi connectivity index (χ3v) is 5.61. The zero-order valence-electron chi connectivity index (χ0n) is 14.2. The summed E-state index contributed by atoms with van der Waals surface area (Å²) in [4.78, 5) is 2.90. The third kappa shape index (κ3) is 3.76. The third-order valence-electron chi connectivity index (χ3n) is 5.61. The lowest BCUT2D eigenvalue weighted by atomic mass is 9.74. The number of likely N-dealkylation sites (tertiary alicyclic amines) is 1. The Labute approximate surface area is 126 Å². The van der Waals surface area contributed by atoms with Gasteiger partial charge in [-0.15, -0.1) is 0 Å². The number of hydrogen-bond acceptors (Lipinski definition) is 2. The summed E-state index contributed by atoms with van der Waals surface area (Å²) in [6.07, 6.45) is 9.66. The quantitative estimate of drug-likeness (QED) is 0.817. The minimum absolute atomic E-state index is 0.723. The molecule has 0 spiro atoms. The summed E-state index contributed by atoms with van der Waals surface area (Å²) in [6.45, 7) is 12.1. The molecular formula is C18H36N2. The molecule has 0 bridgehead atoms. The maximum Gasteiger partial charge on any atom is 0.0278 e. The van der Waals surface area contributed by atoms with E-state index >= 15 is 0 Å². The number of hydrogen-bond donors (Lipinski definition) is 1. The lowest BCUT2D eigenvalue weighted by Crippen LogP contribution is -2.60. The van der Waals surface area contributed by atoms with E-state index in [1.165, 1.54) is 58.0 Å². The number of piperidine rings is 1. The van der Waals surface area contributed by atoms with Gasteiger partial charge in [0, 0.05) is 18.1 Å². The molecule has 2 aliphatic rings. The molecule has 0 aromatic carbocycles. The molecule has 0 amide bonds. The van der Waals surface area contributed by atoms with Crippen molar-refractivity contribution < 1.29 is 0 Å². The van der Waals surface area contributed by atoms with Crippen LogP contribution in [0, 0.1) is 11.8 Å². The molecule has 1 aliphatic heterocycles. The van der Waals surface area contributed by atoms with Crippen LogP contribution in [0.2, 0.25) is 0 Å². The first-order chi connectivity index (χ1) is 9.67. The summed E-state index contributed by atoms with van der Waals surface area (Å²) in [7, 11) is 0. The Kier molecular flexibility index (Phi) is 6.35. The molecule has 2 nitrogen and oxygen atoms in total. The molecule has 0 aromatic heterocycles. The van der Waals surface area contributed by atoms with Gasteiger partial charge in [-0.25, -0.2) is 0 Å². The minimum atomic E-state index is 0.723. The highest BCUT2D eigenvalue weighted by Gasteiger charge is 2.40. The van der Waals surface area contributed by atoms with E-state index in [-0.39, 0.29) is 0 Å². The van der Waals surface area contributed by atoms with Crippen molar-refractivity contribution in [3.8, 4) is 0 Å². The first-order valence-corrected chi connectivity index (χ1v) is 9.16. The van der Waals surface area contributed by atoms with Crippen LogP contribution in [0.25, 0.3) is 0 Å². The van der Waals surface area contributed by atoms with Crippen molar-refractivity contribution in [3.05, 3.63) is 0 Å². The van der Waals surface area contributed by atoms with E-state index in [0.717, 1.165) is 30.0 Å². The average molecular weight is 280 g/mol. The van der Waals surface area contributed by atoms with Crippen molar-refractivity contribution in [2.45, 2.75) is 90.8 Å². The predicted octanol–water partition coefficient (Wildman–Crippen LogP) is 4.05. The summed E-state index contributed by atoms with van der Waals surface area (Å²) in [5, 5.41) is 3.88. The minimum Gasteiger partial charge on any atom is -0.312 e.